The number of methoxy groups -OCH3 is 2. The van der Waals surface area contributed by atoms with Crippen molar-refractivity contribution < 1.29 is 19.1 Å². The number of thioether (sulfide) groups is 1. The summed E-state index contributed by atoms with van der Waals surface area (Å²) in [7, 11) is 3.08. The van der Waals surface area contributed by atoms with Gasteiger partial charge < -0.3 is 20.1 Å². The molecule has 1 aliphatic heterocycles. The van der Waals surface area contributed by atoms with E-state index in [1.807, 2.05) is 24.3 Å². The minimum absolute atomic E-state index is 0.0825. The third-order valence-electron chi connectivity index (χ3n) is 3.74. The molecule has 1 atom stereocenters. The molecule has 3 rings (SSSR count). The van der Waals surface area contributed by atoms with Crippen LogP contribution >= 0.6 is 11.8 Å². The van der Waals surface area contributed by atoms with Gasteiger partial charge in [0.15, 0.2) is 11.5 Å². The number of ether oxygens (including phenoxy) is 2. The number of benzene rings is 2. The molecule has 0 saturated heterocycles. The first-order valence-corrected chi connectivity index (χ1v) is 8.57. The molecule has 1 aliphatic rings. The van der Waals surface area contributed by atoms with Crippen LogP contribution in [0.3, 0.4) is 0 Å². The van der Waals surface area contributed by atoms with Crippen molar-refractivity contribution in [2.75, 3.05) is 24.9 Å². The highest BCUT2D eigenvalue weighted by Crippen LogP contribution is 2.37. The maximum absolute atomic E-state index is 12.3. The Labute approximate surface area is 149 Å². The molecule has 1 heterocycles. The van der Waals surface area contributed by atoms with Crippen molar-refractivity contribution in [3.05, 3.63) is 42.5 Å². The fourth-order valence-corrected chi connectivity index (χ4v) is 3.63. The summed E-state index contributed by atoms with van der Waals surface area (Å²) in [6.07, 6.45) is 0.0825. The monoisotopic (exact) mass is 358 g/mol. The lowest BCUT2D eigenvalue weighted by Crippen LogP contribution is -2.32. The van der Waals surface area contributed by atoms with E-state index in [0.29, 0.717) is 17.2 Å². The first kappa shape index (κ1) is 17.2. The minimum Gasteiger partial charge on any atom is -0.493 e. The first-order valence-electron chi connectivity index (χ1n) is 7.69. The number of anilines is 2. The second-order valence-corrected chi connectivity index (χ2v) is 6.66. The molecular formula is C18H18N2O4S. The fourth-order valence-electron chi connectivity index (χ4n) is 2.52. The molecule has 2 aromatic rings. The average Bonchev–Trinajstić information content (AvgIpc) is 2.62. The van der Waals surface area contributed by atoms with E-state index in [9.17, 15) is 9.59 Å². The standard InChI is InChI=1S/C18H18N2O4S/c1-23-13-8-7-11(9-14(13)24-2)19-17(21)10-16-18(22)20-12-5-3-4-6-15(12)25-16/h3-9,16H,10H2,1-2H3,(H,19,21)(H,20,22)/t16-/m1/s1. The Morgan fingerprint density at radius 3 is 2.68 bits per heavy atom. The van der Waals surface area contributed by atoms with Gasteiger partial charge >= 0.3 is 0 Å². The van der Waals surface area contributed by atoms with E-state index < -0.39 is 5.25 Å². The van der Waals surface area contributed by atoms with Crippen molar-refractivity contribution in [3.8, 4) is 11.5 Å². The molecule has 2 aromatic carbocycles. The van der Waals surface area contributed by atoms with Gasteiger partial charge in [-0.1, -0.05) is 12.1 Å². The lowest BCUT2D eigenvalue weighted by molar-refractivity contribution is -0.120. The molecular weight excluding hydrogens is 340 g/mol. The summed E-state index contributed by atoms with van der Waals surface area (Å²) in [5, 5.41) is 5.17. The van der Waals surface area contributed by atoms with Gasteiger partial charge in [0.1, 0.15) is 0 Å². The molecule has 2 amide bonds. The van der Waals surface area contributed by atoms with E-state index >= 15 is 0 Å². The van der Waals surface area contributed by atoms with Gasteiger partial charge in [-0.15, -0.1) is 11.8 Å². The van der Waals surface area contributed by atoms with E-state index in [2.05, 4.69) is 10.6 Å². The maximum Gasteiger partial charge on any atom is 0.238 e. The van der Waals surface area contributed by atoms with Gasteiger partial charge in [0.25, 0.3) is 0 Å². The van der Waals surface area contributed by atoms with Crippen LogP contribution in [0.2, 0.25) is 0 Å². The Hall–Kier alpha value is -2.67. The van der Waals surface area contributed by atoms with Gasteiger partial charge in [-0.05, 0) is 24.3 Å². The number of fused-ring (bicyclic) bond motifs is 1. The third kappa shape index (κ3) is 3.88. The molecule has 0 aliphatic carbocycles. The maximum atomic E-state index is 12.3. The SMILES string of the molecule is COc1ccc(NC(=O)C[C@H]2Sc3ccccc3NC2=O)cc1OC. The highest BCUT2D eigenvalue weighted by molar-refractivity contribution is 8.01. The van der Waals surface area contributed by atoms with E-state index in [4.69, 9.17) is 9.47 Å². The first-order chi connectivity index (χ1) is 12.1. The number of hydrogen-bond acceptors (Lipinski definition) is 5. The summed E-state index contributed by atoms with van der Waals surface area (Å²) in [5.74, 6) is 0.712. The molecule has 0 saturated carbocycles. The van der Waals surface area contributed by atoms with Gasteiger partial charge in [0, 0.05) is 23.1 Å². The summed E-state index contributed by atoms with van der Waals surface area (Å²) < 4.78 is 10.4. The minimum atomic E-state index is -0.463. The highest BCUT2D eigenvalue weighted by Gasteiger charge is 2.28. The van der Waals surface area contributed by atoms with Crippen molar-refractivity contribution in [2.24, 2.45) is 0 Å². The molecule has 0 fully saturated rings. The van der Waals surface area contributed by atoms with Crippen molar-refractivity contribution in [1.82, 2.24) is 0 Å². The van der Waals surface area contributed by atoms with Crippen LogP contribution in [-0.2, 0) is 9.59 Å². The number of rotatable bonds is 5. The fraction of sp³-hybridized carbons (Fsp3) is 0.222. The van der Waals surface area contributed by atoms with Gasteiger partial charge in [0.2, 0.25) is 11.8 Å². The molecule has 0 radical (unpaired) electrons. The Morgan fingerprint density at radius 2 is 1.92 bits per heavy atom. The Bertz CT molecular complexity index is 809. The molecule has 0 spiro atoms. The van der Waals surface area contributed by atoms with E-state index in [1.54, 1.807) is 25.3 Å². The Kier molecular flexibility index (Phi) is 5.14. The third-order valence-corrected chi connectivity index (χ3v) is 5.02. The lowest BCUT2D eigenvalue weighted by Gasteiger charge is -2.23. The molecule has 0 unspecified atom stereocenters. The van der Waals surface area contributed by atoms with Crippen LogP contribution in [-0.4, -0.2) is 31.3 Å². The van der Waals surface area contributed by atoms with E-state index in [1.165, 1.54) is 18.9 Å². The van der Waals surface area contributed by atoms with Crippen LogP contribution in [0.15, 0.2) is 47.4 Å². The van der Waals surface area contributed by atoms with Gasteiger partial charge in [-0.25, -0.2) is 0 Å². The number of para-hydroxylation sites is 1. The average molecular weight is 358 g/mol. The predicted octanol–water partition coefficient (Wildman–Crippen LogP) is 3.15. The molecule has 2 N–H and O–H groups in total. The topological polar surface area (TPSA) is 76.7 Å². The zero-order chi connectivity index (χ0) is 17.8. The van der Waals surface area contributed by atoms with Gasteiger partial charge in [-0.2, -0.15) is 0 Å². The largest absolute Gasteiger partial charge is 0.493 e. The smallest absolute Gasteiger partial charge is 0.238 e. The summed E-state index contributed by atoms with van der Waals surface area (Å²) >= 11 is 1.40. The van der Waals surface area contributed by atoms with Crippen LogP contribution < -0.4 is 20.1 Å². The second-order valence-electron chi connectivity index (χ2n) is 5.41. The molecule has 130 valence electrons. The molecule has 7 heteroatoms. The van der Waals surface area contributed by atoms with Crippen LogP contribution in [0, 0.1) is 0 Å². The van der Waals surface area contributed by atoms with Crippen LogP contribution in [0.5, 0.6) is 11.5 Å². The number of carbonyl (C=O) groups is 2. The second kappa shape index (κ2) is 7.48. The summed E-state index contributed by atoms with van der Waals surface area (Å²) in [6.45, 7) is 0. The molecule has 25 heavy (non-hydrogen) atoms. The molecule has 6 nitrogen and oxygen atoms in total. The van der Waals surface area contributed by atoms with Gasteiger partial charge in [0.05, 0.1) is 25.2 Å². The Balaban J connectivity index is 1.66. The zero-order valence-corrected chi connectivity index (χ0v) is 14.7. The number of nitrogens with one attached hydrogen (secondary N) is 2. The summed E-state index contributed by atoms with van der Waals surface area (Å²) in [6, 6.07) is 12.7. The van der Waals surface area contributed by atoms with Crippen molar-refractivity contribution in [3.63, 3.8) is 0 Å². The molecule has 0 aromatic heterocycles. The molecule has 0 bridgehead atoms. The predicted molar refractivity (Wildman–Crippen MR) is 97.5 cm³/mol. The summed E-state index contributed by atoms with van der Waals surface area (Å²) in [5.41, 5.74) is 1.37. The van der Waals surface area contributed by atoms with Gasteiger partial charge in [-0.3, -0.25) is 9.59 Å². The normalized spacial score (nSPS) is 15.8. The number of carbonyl (C=O) groups excluding carboxylic acids is 2. The summed E-state index contributed by atoms with van der Waals surface area (Å²) in [4.78, 5) is 25.5. The lowest BCUT2D eigenvalue weighted by atomic mass is 10.2. The number of hydrogen-bond donors (Lipinski definition) is 2. The quantitative estimate of drug-likeness (QED) is 0.859. The van der Waals surface area contributed by atoms with Crippen LogP contribution in [0.25, 0.3) is 0 Å². The van der Waals surface area contributed by atoms with E-state index in [0.717, 1.165) is 10.6 Å². The van der Waals surface area contributed by atoms with E-state index in [-0.39, 0.29) is 18.2 Å². The van der Waals surface area contributed by atoms with Crippen molar-refractivity contribution in [2.45, 2.75) is 16.6 Å². The van der Waals surface area contributed by atoms with Crippen molar-refractivity contribution >= 4 is 35.0 Å². The zero-order valence-electron chi connectivity index (χ0n) is 13.9. The number of amides is 2. The van der Waals surface area contributed by atoms with Crippen LogP contribution in [0.1, 0.15) is 6.42 Å². The Morgan fingerprint density at radius 1 is 1.16 bits per heavy atom. The van der Waals surface area contributed by atoms with Crippen LogP contribution in [0.4, 0.5) is 11.4 Å². The highest BCUT2D eigenvalue weighted by atomic mass is 32.2. The van der Waals surface area contributed by atoms with Crippen molar-refractivity contribution in [1.29, 1.82) is 0 Å².